The molecule has 0 N–H and O–H groups in total. The zero-order valence-corrected chi connectivity index (χ0v) is 9.75. The molecule has 0 atom stereocenters. The highest BCUT2D eigenvalue weighted by molar-refractivity contribution is 8.13. The van der Waals surface area contributed by atoms with E-state index < -0.39 is 9.05 Å². The first-order chi connectivity index (χ1) is 7.55. The Hall–Kier alpha value is -1.07. The van der Waals surface area contributed by atoms with E-state index in [9.17, 15) is 8.42 Å². The Morgan fingerprint density at radius 2 is 2.12 bits per heavy atom. The molecule has 6 heteroatoms. The Morgan fingerprint density at radius 1 is 1.38 bits per heavy atom. The molecule has 2 aromatic rings. The van der Waals surface area contributed by atoms with Crippen LogP contribution in [-0.4, -0.2) is 13.6 Å². The van der Waals surface area contributed by atoms with Crippen molar-refractivity contribution in [3.05, 3.63) is 23.9 Å². The van der Waals surface area contributed by atoms with Crippen LogP contribution in [0.15, 0.2) is 27.6 Å². The summed E-state index contributed by atoms with van der Waals surface area (Å²) in [5.74, 6) is 0.412. The first-order valence-corrected chi connectivity index (χ1v) is 7.20. The van der Waals surface area contributed by atoms with Gasteiger partial charge in [0.05, 0.1) is 10.6 Å². The highest BCUT2D eigenvalue weighted by atomic mass is 35.7. The van der Waals surface area contributed by atoms with Crippen molar-refractivity contribution in [3.63, 3.8) is 0 Å². The maximum Gasteiger partial charge on any atom is 0.261 e. The molecule has 1 fully saturated rings. The summed E-state index contributed by atoms with van der Waals surface area (Å²) >= 11 is 0. The highest BCUT2D eigenvalue weighted by Crippen LogP contribution is 2.42. The summed E-state index contributed by atoms with van der Waals surface area (Å²) in [6.45, 7) is 0. The van der Waals surface area contributed by atoms with Gasteiger partial charge in [-0.25, -0.2) is 8.42 Å². The van der Waals surface area contributed by atoms with E-state index in [1.54, 1.807) is 6.07 Å². The molecule has 84 valence electrons. The SMILES string of the molecule is O=S(=O)(Cl)c1ccc2onc(C3CC3)c2c1. The van der Waals surface area contributed by atoms with E-state index in [1.165, 1.54) is 12.1 Å². The highest BCUT2D eigenvalue weighted by Gasteiger charge is 2.29. The van der Waals surface area contributed by atoms with Gasteiger partial charge >= 0.3 is 0 Å². The fraction of sp³-hybridized carbons (Fsp3) is 0.300. The molecule has 0 radical (unpaired) electrons. The van der Waals surface area contributed by atoms with Gasteiger partial charge in [-0.15, -0.1) is 0 Å². The van der Waals surface area contributed by atoms with E-state index >= 15 is 0 Å². The van der Waals surface area contributed by atoms with Crippen molar-refractivity contribution in [2.75, 3.05) is 0 Å². The minimum absolute atomic E-state index is 0.0896. The molecule has 1 aliphatic carbocycles. The molecule has 1 heterocycles. The molecule has 0 spiro atoms. The van der Waals surface area contributed by atoms with Gasteiger partial charge in [-0.2, -0.15) is 0 Å². The number of aromatic nitrogens is 1. The van der Waals surface area contributed by atoms with Crippen LogP contribution in [0.1, 0.15) is 24.5 Å². The molecule has 1 saturated carbocycles. The molecular formula is C10H8ClNO3S. The summed E-state index contributed by atoms with van der Waals surface area (Å²) in [4.78, 5) is 0.0896. The molecule has 0 saturated heterocycles. The van der Waals surface area contributed by atoms with Gasteiger partial charge in [0.15, 0.2) is 5.58 Å². The number of hydrogen-bond acceptors (Lipinski definition) is 4. The van der Waals surface area contributed by atoms with E-state index in [0.29, 0.717) is 11.5 Å². The van der Waals surface area contributed by atoms with E-state index in [-0.39, 0.29) is 4.90 Å². The number of rotatable bonds is 2. The molecule has 0 aliphatic heterocycles. The van der Waals surface area contributed by atoms with Crippen LogP contribution >= 0.6 is 10.7 Å². The quantitative estimate of drug-likeness (QED) is 0.776. The van der Waals surface area contributed by atoms with E-state index in [0.717, 1.165) is 23.9 Å². The number of hydrogen-bond donors (Lipinski definition) is 0. The number of fused-ring (bicyclic) bond motifs is 1. The summed E-state index contributed by atoms with van der Waals surface area (Å²) in [7, 11) is 1.60. The molecular weight excluding hydrogens is 250 g/mol. The fourth-order valence-electron chi connectivity index (χ4n) is 1.74. The minimum Gasteiger partial charge on any atom is -0.356 e. The van der Waals surface area contributed by atoms with Gasteiger partial charge in [-0.3, -0.25) is 0 Å². The monoisotopic (exact) mass is 257 g/mol. The lowest BCUT2D eigenvalue weighted by Crippen LogP contribution is -1.90. The van der Waals surface area contributed by atoms with Crippen LogP contribution in [0.3, 0.4) is 0 Å². The Bertz CT molecular complexity index is 658. The normalized spacial score (nSPS) is 16.8. The van der Waals surface area contributed by atoms with Gasteiger partial charge in [0.1, 0.15) is 0 Å². The Labute approximate surface area is 96.6 Å². The first-order valence-electron chi connectivity index (χ1n) is 4.90. The fourth-order valence-corrected chi connectivity index (χ4v) is 2.52. The molecule has 1 aromatic heterocycles. The topological polar surface area (TPSA) is 60.2 Å². The summed E-state index contributed by atoms with van der Waals surface area (Å²) in [5, 5.41) is 4.72. The molecule has 4 nitrogen and oxygen atoms in total. The van der Waals surface area contributed by atoms with Crippen LogP contribution in [0, 0.1) is 0 Å². The molecule has 0 bridgehead atoms. The number of benzene rings is 1. The van der Waals surface area contributed by atoms with Gasteiger partial charge in [-0.1, -0.05) is 5.16 Å². The third kappa shape index (κ3) is 1.60. The number of halogens is 1. The maximum absolute atomic E-state index is 11.2. The lowest BCUT2D eigenvalue weighted by molar-refractivity contribution is 0.446. The van der Waals surface area contributed by atoms with Gasteiger partial charge in [0.2, 0.25) is 0 Å². The summed E-state index contributed by atoms with van der Waals surface area (Å²) in [5.41, 5.74) is 1.45. The van der Waals surface area contributed by atoms with E-state index in [2.05, 4.69) is 5.16 Å². The van der Waals surface area contributed by atoms with Gasteiger partial charge < -0.3 is 4.52 Å². The average Bonchev–Trinajstić information content (AvgIpc) is 2.96. The van der Waals surface area contributed by atoms with Crippen molar-refractivity contribution >= 4 is 30.7 Å². The molecule has 16 heavy (non-hydrogen) atoms. The van der Waals surface area contributed by atoms with Crippen molar-refractivity contribution in [1.82, 2.24) is 5.16 Å². The Balaban J connectivity index is 2.25. The van der Waals surface area contributed by atoms with Crippen molar-refractivity contribution in [2.24, 2.45) is 0 Å². The largest absolute Gasteiger partial charge is 0.356 e. The Kier molecular flexibility index (Phi) is 2.03. The van der Waals surface area contributed by atoms with E-state index in [4.69, 9.17) is 15.2 Å². The smallest absolute Gasteiger partial charge is 0.261 e. The lowest BCUT2D eigenvalue weighted by Gasteiger charge is -1.96. The predicted molar refractivity (Wildman–Crippen MR) is 59.0 cm³/mol. The lowest BCUT2D eigenvalue weighted by atomic mass is 10.1. The predicted octanol–water partition coefficient (Wildman–Crippen LogP) is 2.63. The first kappa shape index (κ1) is 10.1. The van der Waals surface area contributed by atoms with Crippen molar-refractivity contribution < 1.29 is 12.9 Å². The molecule has 1 aliphatic rings. The van der Waals surface area contributed by atoms with Gasteiger partial charge in [-0.05, 0) is 31.0 Å². The second kappa shape index (κ2) is 3.21. The van der Waals surface area contributed by atoms with Crippen molar-refractivity contribution in [2.45, 2.75) is 23.7 Å². The molecule has 0 amide bonds. The van der Waals surface area contributed by atoms with Crippen LogP contribution in [-0.2, 0) is 9.05 Å². The molecule has 3 rings (SSSR count). The van der Waals surface area contributed by atoms with Crippen LogP contribution in [0.5, 0.6) is 0 Å². The zero-order chi connectivity index (χ0) is 11.3. The van der Waals surface area contributed by atoms with Crippen LogP contribution in [0.2, 0.25) is 0 Å². The van der Waals surface area contributed by atoms with E-state index in [1.807, 2.05) is 0 Å². The van der Waals surface area contributed by atoms with Crippen molar-refractivity contribution in [3.8, 4) is 0 Å². The number of nitrogens with zero attached hydrogens (tertiary/aromatic N) is 1. The third-order valence-corrected chi connectivity index (χ3v) is 4.07. The third-order valence-electron chi connectivity index (χ3n) is 2.71. The van der Waals surface area contributed by atoms with Crippen LogP contribution in [0.25, 0.3) is 11.0 Å². The van der Waals surface area contributed by atoms with Gasteiger partial charge in [0.25, 0.3) is 9.05 Å². The van der Waals surface area contributed by atoms with Crippen LogP contribution < -0.4 is 0 Å². The molecule has 1 aromatic carbocycles. The standard InChI is InChI=1S/C10H8ClNO3S/c11-16(13,14)7-3-4-9-8(5-7)10(12-15-9)6-1-2-6/h3-6H,1-2H2. The summed E-state index contributed by atoms with van der Waals surface area (Å²) < 4.78 is 27.5. The Morgan fingerprint density at radius 3 is 2.75 bits per heavy atom. The van der Waals surface area contributed by atoms with Gasteiger partial charge in [0, 0.05) is 22.0 Å². The second-order valence-electron chi connectivity index (χ2n) is 3.94. The zero-order valence-electron chi connectivity index (χ0n) is 8.18. The maximum atomic E-state index is 11.2. The summed E-state index contributed by atoms with van der Waals surface area (Å²) in [6.07, 6.45) is 2.17. The minimum atomic E-state index is -3.69. The van der Waals surface area contributed by atoms with Crippen molar-refractivity contribution in [1.29, 1.82) is 0 Å². The summed E-state index contributed by atoms with van der Waals surface area (Å²) in [6, 6.07) is 4.54. The second-order valence-corrected chi connectivity index (χ2v) is 6.50. The van der Waals surface area contributed by atoms with Crippen LogP contribution in [0.4, 0.5) is 0 Å². The average molecular weight is 258 g/mol. The molecule has 0 unspecified atom stereocenters.